The maximum atomic E-state index is 11.6. The lowest BCUT2D eigenvalue weighted by Crippen LogP contribution is -2.47. The third-order valence-electron chi connectivity index (χ3n) is 5.21. The van der Waals surface area contributed by atoms with Gasteiger partial charge in [0.1, 0.15) is 18.9 Å². The van der Waals surface area contributed by atoms with Crippen LogP contribution in [-0.2, 0) is 16.1 Å². The average molecular weight is 448 g/mol. The normalized spacial score (nSPS) is 13.2. The van der Waals surface area contributed by atoms with Crippen molar-refractivity contribution in [2.24, 2.45) is 5.73 Å². The Morgan fingerprint density at radius 1 is 1.00 bits per heavy atom. The second-order valence-electron chi connectivity index (χ2n) is 7.52. The van der Waals surface area contributed by atoms with Gasteiger partial charge in [-0.25, -0.2) is 9.97 Å². The first-order valence-electron chi connectivity index (χ1n) is 10.4. The summed E-state index contributed by atoms with van der Waals surface area (Å²) in [6.07, 6.45) is 7.10. The Morgan fingerprint density at radius 3 is 2.39 bits per heavy atom. The third kappa shape index (κ3) is 6.25. The molecule has 1 saturated heterocycles. The van der Waals surface area contributed by atoms with Gasteiger partial charge in [-0.1, -0.05) is 25.6 Å². The lowest BCUT2D eigenvalue weighted by atomic mass is 10.1. The summed E-state index contributed by atoms with van der Waals surface area (Å²) in [5.41, 5.74) is 9.03. The maximum Gasteiger partial charge on any atom is 0.313 e. The molecule has 0 amide bonds. The van der Waals surface area contributed by atoms with E-state index in [4.69, 9.17) is 15.9 Å². The molecular formula is C24H29N7O2. The molecule has 1 aliphatic heterocycles. The summed E-state index contributed by atoms with van der Waals surface area (Å²) in [6.45, 7) is 3.59. The van der Waals surface area contributed by atoms with Crippen LogP contribution in [0.1, 0.15) is 19.4 Å². The summed E-state index contributed by atoms with van der Waals surface area (Å²) in [5.74, 6) is -0.00686. The fraction of sp³-hybridized carbons (Fsp3) is 0.292. The highest BCUT2D eigenvalue weighted by Crippen LogP contribution is 2.22. The molecule has 0 atom stereocenters. The van der Waals surface area contributed by atoms with Gasteiger partial charge in [0.15, 0.2) is 0 Å². The van der Waals surface area contributed by atoms with Crippen LogP contribution in [0, 0.1) is 5.41 Å². The van der Waals surface area contributed by atoms with Crippen LogP contribution in [-0.4, -0.2) is 52.9 Å². The summed E-state index contributed by atoms with van der Waals surface area (Å²) < 4.78 is 5.16. The monoisotopic (exact) mass is 447 g/mol. The Balaban J connectivity index is 0.00000306. The molecule has 0 radical (unpaired) electrons. The Labute approximate surface area is 193 Å². The van der Waals surface area contributed by atoms with E-state index in [9.17, 15) is 4.79 Å². The molecule has 3 aromatic rings. The highest BCUT2D eigenvalue weighted by molar-refractivity contribution is 5.94. The number of piperazine rings is 1. The van der Waals surface area contributed by atoms with Gasteiger partial charge in [0.05, 0.1) is 11.9 Å². The van der Waals surface area contributed by atoms with Crippen LogP contribution in [0.2, 0.25) is 0 Å². The Hall–Kier alpha value is -4.01. The number of anilines is 2. The molecule has 3 N–H and O–H groups in total. The molecule has 0 spiro atoms. The predicted octanol–water partition coefficient (Wildman–Crippen LogP) is 2.87. The average Bonchev–Trinajstić information content (AvgIpc) is 2.83. The molecule has 0 bridgehead atoms. The van der Waals surface area contributed by atoms with Crippen molar-refractivity contribution in [3.05, 3.63) is 66.7 Å². The number of benzene rings is 1. The highest BCUT2D eigenvalue weighted by atomic mass is 16.5. The first-order valence-corrected chi connectivity index (χ1v) is 10.4. The van der Waals surface area contributed by atoms with Crippen molar-refractivity contribution in [3.63, 3.8) is 0 Å². The standard InChI is InChI=1S/C23H25N7O2.CH4/c24-21(25)12-22(31)32-16-17-3-1-4-18(11-17)19-13-27-23(28-14-19)30-9-7-29(8-10-30)20-5-2-6-26-15-20;/h1-6,11,13-15H,7-10,12,16H2,(H3,24,25);1H4. The minimum atomic E-state index is -0.515. The van der Waals surface area contributed by atoms with Crippen molar-refractivity contribution in [2.75, 3.05) is 36.0 Å². The Kier molecular flexibility index (Phi) is 7.91. The van der Waals surface area contributed by atoms with Gasteiger partial charge in [-0.2, -0.15) is 0 Å². The van der Waals surface area contributed by atoms with E-state index in [1.165, 1.54) is 0 Å². The molecule has 3 heterocycles. The lowest BCUT2D eigenvalue weighted by molar-refractivity contribution is -0.143. The number of nitrogens with zero attached hydrogens (tertiary/aromatic N) is 5. The fourth-order valence-electron chi connectivity index (χ4n) is 3.55. The molecule has 1 fully saturated rings. The second kappa shape index (κ2) is 11.0. The zero-order valence-corrected chi connectivity index (χ0v) is 17.6. The highest BCUT2D eigenvalue weighted by Gasteiger charge is 2.19. The maximum absolute atomic E-state index is 11.6. The molecule has 33 heavy (non-hydrogen) atoms. The molecule has 2 aromatic heterocycles. The molecular weight excluding hydrogens is 418 g/mol. The lowest BCUT2D eigenvalue weighted by Gasteiger charge is -2.35. The topological polar surface area (TPSA) is 121 Å². The van der Waals surface area contributed by atoms with E-state index >= 15 is 0 Å². The smallest absolute Gasteiger partial charge is 0.313 e. The number of nitrogens with two attached hydrogens (primary N) is 1. The van der Waals surface area contributed by atoms with Crippen molar-refractivity contribution in [3.8, 4) is 11.1 Å². The van der Waals surface area contributed by atoms with Crippen molar-refractivity contribution < 1.29 is 9.53 Å². The second-order valence-corrected chi connectivity index (χ2v) is 7.52. The molecule has 9 heteroatoms. The van der Waals surface area contributed by atoms with E-state index in [-0.39, 0.29) is 26.3 Å². The number of ether oxygens (including phenoxy) is 1. The minimum absolute atomic E-state index is 0. The number of esters is 1. The van der Waals surface area contributed by atoms with E-state index in [2.05, 4.69) is 30.8 Å². The van der Waals surface area contributed by atoms with E-state index in [1.807, 2.05) is 48.9 Å². The number of amidine groups is 1. The first kappa shape index (κ1) is 23.6. The number of hydrogen-bond acceptors (Lipinski definition) is 8. The third-order valence-corrected chi connectivity index (χ3v) is 5.21. The van der Waals surface area contributed by atoms with E-state index < -0.39 is 5.97 Å². The van der Waals surface area contributed by atoms with Crippen molar-refractivity contribution >= 4 is 23.4 Å². The van der Waals surface area contributed by atoms with Crippen LogP contribution >= 0.6 is 0 Å². The molecule has 1 aromatic carbocycles. The van der Waals surface area contributed by atoms with Crippen molar-refractivity contribution in [1.82, 2.24) is 15.0 Å². The van der Waals surface area contributed by atoms with Gasteiger partial charge < -0.3 is 20.3 Å². The van der Waals surface area contributed by atoms with Gasteiger partial charge in [-0.05, 0) is 29.3 Å². The van der Waals surface area contributed by atoms with Gasteiger partial charge in [-0.3, -0.25) is 15.2 Å². The number of nitrogens with one attached hydrogen (secondary N) is 1. The van der Waals surface area contributed by atoms with Gasteiger partial charge in [-0.15, -0.1) is 0 Å². The Morgan fingerprint density at radius 2 is 1.73 bits per heavy atom. The Bertz CT molecular complexity index is 1070. The van der Waals surface area contributed by atoms with Gasteiger partial charge >= 0.3 is 5.97 Å². The minimum Gasteiger partial charge on any atom is -0.460 e. The van der Waals surface area contributed by atoms with Crippen LogP contribution in [0.5, 0.6) is 0 Å². The summed E-state index contributed by atoms with van der Waals surface area (Å²) >= 11 is 0. The van der Waals surface area contributed by atoms with Crippen molar-refractivity contribution in [1.29, 1.82) is 5.41 Å². The van der Waals surface area contributed by atoms with E-state index in [0.29, 0.717) is 5.95 Å². The van der Waals surface area contributed by atoms with Crippen LogP contribution in [0.4, 0.5) is 11.6 Å². The summed E-state index contributed by atoms with van der Waals surface area (Å²) in [4.78, 5) is 29.4. The first-order chi connectivity index (χ1) is 15.6. The van der Waals surface area contributed by atoms with Gasteiger partial charge in [0, 0.05) is 50.3 Å². The van der Waals surface area contributed by atoms with E-state index in [0.717, 1.165) is 48.6 Å². The zero-order valence-electron chi connectivity index (χ0n) is 17.6. The molecule has 0 aliphatic carbocycles. The van der Waals surface area contributed by atoms with Crippen LogP contribution in [0.25, 0.3) is 11.1 Å². The molecule has 172 valence electrons. The largest absolute Gasteiger partial charge is 0.460 e. The number of carbonyl (C=O) groups is 1. The van der Waals surface area contributed by atoms with E-state index in [1.54, 1.807) is 6.20 Å². The zero-order chi connectivity index (χ0) is 22.3. The SMILES string of the molecule is C.N=C(N)CC(=O)OCc1cccc(-c2cnc(N3CCN(c4cccnc4)CC3)nc2)c1. The van der Waals surface area contributed by atoms with Crippen LogP contribution in [0.3, 0.4) is 0 Å². The molecule has 0 unspecified atom stereocenters. The summed E-state index contributed by atoms with van der Waals surface area (Å²) in [5, 5.41) is 7.15. The molecule has 1 aliphatic rings. The number of hydrogen-bond donors (Lipinski definition) is 2. The number of pyridine rings is 1. The molecule has 4 rings (SSSR count). The number of aromatic nitrogens is 3. The van der Waals surface area contributed by atoms with Crippen LogP contribution in [0.15, 0.2) is 61.2 Å². The van der Waals surface area contributed by atoms with Gasteiger partial charge in [0.25, 0.3) is 0 Å². The number of rotatable bonds is 7. The van der Waals surface area contributed by atoms with Crippen LogP contribution < -0.4 is 15.5 Å². The predicted molar refractivity (Wildman–Crippen MR) is 129 cm³/mol. The van der Waals surface area contributed by atoms with Gasteiger partial charge in [0.2, 0.25) is 5.95 Å². The summed E-state index contributed by atoms with van der Waals surface area (Å²) in [6, 6.07) is 11.7. The molecule has 9 nitrogen and oxygen atoms in total. The molecule has 0 saturated carbocycles. The quantitative estimate of drug-likeness (QED) is 0.322. The number of carbonyl (C=O) groups excluding carboxylic acids is 1. The summed E-state index contributed by atoms with van der Waals surface area (Å²) in [7, 11) is 0. The van der Waals surface area contributed by atoms with Crippen molar-refractivity contribution in [2.45, 2.75) is 20.5 Å². The fourth-order valence-corrected chi connectivity index (χ4v) is 3.55.